The van der Waals surface area contributed by atoms with E-state index in [1.807, 2.05) is 0 Å². The van der Waals surface area contributed by atoms with Gasteiger partial charge in [-0.05, 0) is 5.92 Å². The molecule has 1 atom stereocenters. The van der Waals surface area contributed by atoms with Gasteiger partial charge in [0.05, 0.1) is 0 Å². The van der Waals surface area contributed by atoms with Crippen molar-refractivity contribution in [3.8, 4) is 5.95 Å². The van der Waals surface area contributed by atoms with Crippen LogP contribution in [-0.2, 0) is 0 Å². The number of nitrogens with two attached hydrogens (primary N) is 1. The molecule has 0 fully saturated rings. The number of imidazole rings is 1. The maximum absolute atomic E-state index is 5.70. The van der Waals surface area contributed by atoms with E-state index in [2.05, 4.69) is 33.8 Å². The van der Waals surface area contributed by atoms with Crippen LogP contribution in [0.25, 0.3) is 5.95 Å². The monoisotopic (exact) mass is 264 g/mol. The fourth-order valence-corrected chi connectivity index (χ4v) is 2.23. The lowest BCUT2D eigenvalue weighted by Crippen LogP contribution is -2.07. The first-order valence-electron chi connectivity index (χ1n) is 5.81. The van der Waals surface area contributed by atoms with Crippen molar-refractivity contribution in [2.45, 2.75) is 25.4 Å². The van der Waals surface area contributed by atoms with Gasteiger partial charge in [0.2, 0.25) is 11.9 Å². The van der Waals surface area contributed by atoms with Crippen molar-refractivity contribution in [1.82, 2.24) is 24.5 Å². The molecule has 2 aromatic rings. The van der Waals surface area contributed by atoms with Crippen molar-refractivity contribution in [2.24, 2.45) is 5.92 Å². The predicted octanol–water partition coefficient (Wildman–Crippen LogP) is 1.78. The Labute approximate surface area is 110 Å². The zero-order chi connectivity index (χ0) is 13.0. The van der Waals surface area contributed by atoms with Crippen LogP contribution in [0, 0.1) is 5.92 Å². The van der Waals surface area contributed by atoms with Crippen LogP contribution in [0.2, 0.25) is 0 Å². The van der Waals surface area contributed by atoms with Crippen molar-refractivity contribution in [2.75, 3.05) is 11.5 Å². The first-order chi connectivity index (χ1) is 8.69. The largest absolute Gasteiger partial charge is 0.368 e. The fraction of sp³-hybridized carbons (Fsp3) is 0.455. The van der Waals surface area contributed by atoms with Crippen LogP contribution in [0.5, 0.6) is 0 Å². The van der Waals surface area contributed by atoms with Crippen LogP contribution in [0.4, 0.5) is 5.95 Å². The molecule has 2 N–H and O–H groups in total. The Hall–Kier alpha value is -1.63. The maximum Gasteiger partial charge on any atom is 0.240 e. The van der Waals surface area contributed by atoms with E-state index in [1.54, 1.807) is 35.0 Å². The minimum atomic E-state index is 0.236. The van der Waals surface area contributed by atoms with Crippen molar-refractivity contribution in [1.29, 1.82) is 0 Å². The van der Waals surface area contributed by atoms with Gasteiger partial charge in [0.15, 0.2) is 5.16 Å². The van der Waals surface area contributed by atoms with Gasteiger partial charge in [-0.1, -0.05) is 32.0 Å². The highest BCUT2D eigenvalue weighted by molar-refractivity contribution is 7.99. The van der Waals surface area contributed by atoms with E-state index in [4.69, 9.17) is 5.73 Å². The predicted molar refractivity (Wildman–Crippen MR) is 71.5 cm³/mol. The van der Waals surface area contributed by atoms with Crippen LogP contribution < -0.4 is 5.73 Å². The van der Waals surface area contributed by atoms with Crippen molar-refractivity contribution >= 4 is 17.7 Å². The van der Waals surface area contributed by atoms with Gasteiger partial charge < -0.3 is 5.73 Å². The average molecular weight is 264 g/mol. The van der Waals surface area contributed by atoms with Gasteiger partial charge >= 0.3 is 0 Å². The molecule has 0 aliphatic heterocycles. The maximum atomic E-state index is 5.70. The number of aromatic nitrogens is 5. The molecule has 0 spiro atoms. The van der Waals surface area contributed by atoms with Crippen LogP contribution in [0.15, 0.2) is 23.9 Å². The number of rotatable bonds is 5. The third kappa shape index (κ3) is 3.19. The normalized spacial score (nSPS) is 12.6. The number of thioether (sulfide) groups is 1. The molecule has 0 aliphatic carbocycles. The Bertz CT molecular complexity index is 498. The van der Waals surface area contributed by atoms with Crippen molar-refractivity contribution in [3.63, 3.8) is 0 Å². The minimum Gasteiger partial charge on any atom is -0.368 e. The average Bonchev–Trinajstić information content (AvgIpc) is 2.89. The van der Waals surface area contributed by atoms with Crippen LogP contribution in [0.3, 0.4) is 0 Å². The Morgan fingerprint density at radius 2 is 2.22 bits per heavy atom. The van der Waals surface area contributed by atoms with Gasteiger partial charge in [0.1, 0.15) is 6.33 Å². The Morgan fingerprint density at radius 3 is 2.89 bits per heavy atom. The molecule has 1 unspecified atom stereocenters. The van der Waals surface area contributed by atoms with Gasteiger partial charge in [0.25, 0.3) is 0 Å². The highest BCUT2D eigenvalue weighted by Gasteiger charge is 2.08. The molecule has 0 amide bonds. The Morgan fingerprint density at radius 1 is 1.39 bits per heavy atom. The molecule has 2 rings (SSSR count). The van der Waals surface area contributed by atoms with Gasteiger partial charge in [-0.25, -0.2) is 4.98 Å². The Balaban J connectivity index is 2.17. The molecule has 0 aliphatic rings. The summed E-state index contributed by atoms with van der Waals surface area (Å²) in [5.74, 6) is 2.35. The zero-order valence-electron chi connectivity index (χ0n) is 10.4. The lowest BCUT2D eigenvalue weighted by atomic mass is 10.2. The van der Waals surface area contributed by atoms with E-state index in [0.29, 0.717) is 17.0 Å². The Kier molecular flexibility index (Phi) is 4.14. The number of anilines is 1. The molecule has 0 saturated heterocycles. The summed E-state index contributed by atoms with van der Waals surface area (Å²) in [6.45, 7) is 4.37. The second-order valence-electron chi connectivity index (χ2n) is 4.07. The quantitative estimate of drug-likeness (QED) is 0.829. The van der Waals surface area contributed by atoms with Crippen molar-refractivity contribution < 1.29 is 0 Å². The lowest BCUT2D eigenvalue weighted by molar-refractivity contribution is 0.635. The number of hydrogen-bond donors (Lipinski definition) is 1. The molecule has 18 heavy (non-hydrogen) atoms. The van der Waals surface area contributed by atoms with Crippen molar-refractivity contribution in [3.05, 3.63) is 18.7 Å². The second-order valence-corrected chi connectivity index (χ2v) is 5.06. The van der Waals surface area contributed by atoms with E-state index in [-0.39, 0.29) is 5.95 Å². The zero-order valence-corrected chi connectivity index (χ0v) is 11.3. The number of hydrogen-bond acceptors (Lipinski definition) is 6. The smallest absolute Gasteiger partial charge is 0.240 e. The molecule has 96 valence electrons. The first kappa shape index (κ1) is 12.8. The highest BCUT2D eigenvalue weighted by Crippen LogP contribution is 2.19. The van der Waals surface area contributed by atoms with Crippen LogP contribution in [-0.4, -0.2) is 30.3 Å². The summed E-state index contributed by atoms with van der Waals surface area (Å²) >= 11 is 1.60. The topological polar surface area (TPSA) is 82.5 Å². The van der Waals surface area contributed by atoms with E-state index >= 15 is 0 Å². The van der Waals surface area contributed by atoms with E-state index in [1.165, 1.54) is 0 Å². The third-order valence-corrected chi connectivity index (χ3v) is 3.73. The van der Waals surface area contributed by atoms with E-state index < -0.39 is 0 Å². The molecule has 0 radical (unpaired) electrons. The molecular formula is C11H16N6S. The number of nitrogens with zero attached hydrogens (tertiary/aromatic N) is 5. The molecule has 6 nitrogen and oxygen atoms in total. The molecule has 2 heterocycles. The lowest BCUT2D eigenvalue weighted by Gasteiger charge is -2.08. The third-order valence-electron chi connectivity index (χ3n) is 2.55. The minimum absolute atomic E-state index is 0.236. The molecule has 0 bridgehead atoms. The SMILES string of the molecule is CCC(C)CSc1nc(N)nc(-n2ccnc2)n1. The van der Waals surface area contributed by atoms with Crippen LogP contribution in [0.1, 0.15) is 20.3 Å². The van der Waals surface area contributed by atoms with Gasteiger partial charge in [-0.2, -0.15) is 15.0 Å². The molecule has 7 heteroatoms. The highest BCUT2D eigenvalue weighted by atomic mass is 32.2. The fourth-order valence-electron chi connectivity index (χ4n) is 1.25. The summed E-state index contributed by atoms with van der Waals surface area (Å²) in [5, 5.41) is 0.659. The van der Waals surface area contributed by atoms with Gasteiger partial charge in [-0.3, -0.25) is 4.57 Å². The first-order valence-corrected chi connectivity index (χ1v) is 6.80. The van der Waals surface area contributed by atoms with E-state index in [9.17, 15) is 0 Å². The summed E-state index contributed by atoms with van der Waals surface area (Å²) in [4.78, 5) is 16.5. The standard InChI is InChI=1S/C11H16N6S/c1-3-8(2)6-18-11-15-9(12)14-10(16-11)17-5-4-13-7-17/h4-5,7-8H,3,6H2,1-2H3,(H2,12,14,15,16). The number of nitrogen functional groups attached to an aromatic ring is 1. The molecule has 0 aromatic carbocycles. The summed E-state index contributed by atoms with van der Waals surface area (Å²) < 4.78 is 1.71. The van der Waals surface area contributed by atoms with Gasteiger partial charge in [-0.15, -0.1) is 0 Å². The molecule has 2 aromatic heterocycles. The summed E-state index contributed by atoms with van der Waals surface area (Å²) in [6.07, 6.45) is 6.23. The summed E-state index contributed by atoms with van der Waals surface area (Å²) in [7, 11) is 0. The molecule has 0 saturated carbocycles. The van der Waals surface area contributed by atoms with Gasteiger partial charge in [0, 0.05) is 18.1 Å². The van der Waals surface area contributed by atoms with E-state index in [0.717, 1.165) is 12.2 Å². The summed E-state index contributed by atoms with van der Waals surface area (Å²) in [6, 6.07) is 0. The second kappa shape index (κ2) is 5.81. The molecular weight excluding hydrogens is 248 g/mol. The summed E-state index contributed by atoms with van der Waals surface area (Å²) in [5.41, 5.74) is 5.70. The van der Waals surface area contributed by atoms with Crippen LogP contribution >= 0.6 is 11.8 Å².